The predicted molar refractivity (Wildman–Crippen MR) is 118 cm³/mol. The molecule has 1 atom stereocenters. The van der Waals surface area contributed by atoms with Gasteiger partial charge in [0.25, 0.3) is 11.8 Å². The summed E-state index contributed by atoms with van der Waals surface area (Å²) in [5, 5.41) is 2.92. The van der Waals surface area contributed by atoms with Gasteiger partial charge in [-0.1, -0.05) is 30.3 Å². The number of carbonyl (C=O) groups excluding carboxylic acids is 2. The van der Waals surface area contributed by atoms with Crippen molar-refractivity contribution < 1.29 is 19.1 Å². The normalized spacial score (nSPS) is 15.5. The van der Waals surface area contributed by atoms with Crippen LogP contribution in [0.3, 0.4) is 0 Å². The number of anilines is 1. The third-order valence-electron chi connectivity index (χ3n) is 5.21. The summed E-state index contributed by atoms with van der Waals surface area (Å²) in [5.74, 6) is 1.15. The van der Waals surface area contributed by atoms with E-state index in [0.29, 0.717) is 30.1 Å². The van der Waals surface area contributed by atoms with Crippen molar-refractivity contribution >= 4 is 17.5 Å². The molecule has 1 unspecified atom stereocenters. The van der Waals surface area contributed by atoms with Gasteiger partial charge in [-0.3, -0.25) is 9.59 Å². The first-order valence-corrected chi connectivity index (χ1v) is 10.1. The third-order valence-corrected chi connectivity index (χ3v) is 5.21. The second-order valence-electron chi connectivity index (χ2n) is 7.45. The van der Waals surface area contributed by atoms with Gasteiger partial charge in [0.2, 0.25) is 0 Å². The van der Waals surface area contributed by atoms with Crippen molar-refractivity contribution in [1.82, 2.24) is 4.90 Å². The van der Waals surface area contributed by atoms with Gasteiger partial charge < -0.3 is 19.7 Å². The van der Waals surface area contributed by atoms with Gasteiger partial charge in [0.05, 0.1) is 7.11 Å². The Morgan fingerprint density at radius 3 is 2.55 bits per heavy atom. The number of carbonyl (C=O) groups is 2. The van der Waals surface area contributed by atoms with Crippen molar-refractivity contribution in [3.63, 3.8) is 0 Å². The zero-order valence-corrected chi connectivity index (χ0v) is 17.5. The van der Waals surface area contributed by atoms with Crippen molar-refractivity contribution in [2.45, 2.75) is 26.1 Å². The molecule has 1 heterocycles. The van der Waals surface area contributed by atoms with Gasteiger partial charge in [0.1, 0.15) is 11.5 Å². The smallest absolute Gasteiger partial charge is 0.263 e. The number of hydrogen-bond acceptors (Lipinski definition) is 4. The van der Waals surface area contributed by atoms with E-state index in [1.807, 2.05) is 48.5 Å². The van der Waals surface area contributed by atoms with Crippen LogP contribution in [-0.2, 0) is 17.9 Å². The average molecular weight is 416 g/mol. The molecule has 1 aliphatic rings. The fraction of sp³-hybridized carbons (Fsp3) is 0.200. The molecular weight excluding hydrogens is 392 g/mol. The predicted octanol–water partition coefficient (Wildman–Crippen LogP) is 4.26. The summed E-state index contributed by atoms with van der Waals surface area (Å²) in [5.41, 5.74) is 3.08. The van der Waals surface area contributed by atoms with Crippen LogP contribution in [-0.4, -0.2) is 29.9 Å². The molecule has 0 aliphatic carbocycles. The van der Waals surface area contributed by atoms with Crippen molar-refractivity contribution in [1.29, 1.82) is 0 Å². The summed E-state index contributed by atoms with van der Waals surface area (Å²) in [6, 6.07) is 22.1. The topological polar surface area (TPSA) is 67.9 Å². The highest BCUT2D eigenvalue weighted by atomic mass is 16.5. The number of hydrogen-bond donors (Lipinski definition) is 1. The van der Waals surface area contributed by atoms with E-state index in [9.17, 15) is 9.59 Å². The fourth-order valence-corrected chi connectivity index (χ4v) is 3.56. The Kier molecular flexibility index (Phi) is 5.89. The highest BCUT2D eigenvalue weighted by Gasteiger charge is 2.28. The molecule has 0 fully saturated rings. The molecule has 0 aromatic heterocycles. The van der Waals surface area contributed by atoms with Crippen LogP contribution in [0.2, 0.25) is 0 Å². The molecule has 31 heavy (non-hydrogen) atoms. The first kappa shape index (κ1) is 20.5. The number of ether oxygens (including phenoxy) is 2. The first-order chi connectivity index (χ1) is 15.0. The zero-order chi connectivity index (χ0) is 21.8. The Balaban J connectivity index is 1.55. The van der Waals surface area contributed by atoms with Gasteiger partial charge in [0, 0.05) is 29.9 Å². The lowest BCUT2D eigenvalue weighted by Gasteiger charge is -2.22. The van der Waals surface area contributed by atoms with Crippen LogP contribution in [0.4, 0.5) is 5.69 Å². The monoisotopic (exact) mass is 416 g/mol. The molecule has 0 saturated carbocycles. The molecule has 1 N–H and O–H groups in total. The van der Waals surface area contributed by atoms with Gasteiger partial charge in [0.15, 0.2) is 6.10 Å². The Hall–Kier alpha value is -3.80. The number of rotatable bonds is 5. The van der Waals surface area contributed by atoms with Crippen LogP contribution < -0.4 is 14.8 Å². The average Bonchev–Trinajstić information content (AvgIpc) is 2.91. The molecule has 0 saturated heterocycles. The van der Waals surface area contributed by atoms with E-state index in [0.717, 1.165) is 16.9 Å². The van der Waals surface area contributed by atoms with Crippen LogP contribution in [0.25, 0.3) is 0 Å². The Morgan fingerprint density at radius 2 is 1.84 bits per heavy atom. The largest absolute Gasteiger partial charge is 0.497 e. The van der Waals surface area contributed by atoms with E-state index in [-0.39, 0.29) is 11.8 Å². The second kappa shape index (κ2) is 8.92. The van der Waals surface area contributed by atoms with Crippen molar-refractivity contribution in [2.75, 3.05) is 12.4 Å². The maximum absolute atomic E-state index is 12.9. The van der Waals surface area contributed by atoms with E-state index in [2.05, 4.69) is 5.32 Å². The Morgan fingerprint density at radius 1 is 1.10 bits per heavy atom. The number of amides is 2. The molecule has 6 heteroatoms. The zero-order valence-electron chi connectivity index (χ0n) is 17.5. The molecular formula is C25H24N2O4. The van der Waals surface area contributed by atoms with Crippen LogP contribution >= 0.6 is 0 Å². The molecule has 3 aromatic carbocycles. The van der Waals surface area contributed by atoms with E-state index < -0.39 is 6.10 Å². The molecule has 0 spiro atoms. The van der Waals surface area contributed by atoms with E-state index in [1.54, 1.807) is 43.2 Å². The molecule has 0 radical (unpaired) electrons. The third kappa shape index (κ3) is 4.69. The van der Waals surface area contributed by atoms with Gasteiger partial charge >= 0.3 is 0 Å². The summed E-state index contributed by atoms with van der Waals surface area (Å²) in [7, 11) is 1.62. The summed E-state index contributed by atoms with van der Waals surface area (Å²) in [4.78, 5) is 27.2. The van der Waals surface area contributed by atoms with E-state index in [4.69, 9.17) is 9.47 Å². The lowest BCUT2D eigenvalue weighted by molar-refractivity contribution is -0.138. The van der Waals surface area contributed by atoms with Gasteiger partial charge in [-0.05, 0) is 55.0 Å². The first-order valence-electron chi connectivity index (χ1n) is 10.1. The minimum Gasteiger partial charge on any atom is -0.497 e. The minimum absolute atomic E-state index is 0.0816. The molecule has 2 amide bonds. The quantitative estimate of drug-likeness (QED) is 0.675. The van der Waals surface area contributed by atoms with Crippen molar-refractivity contribution in [2.24, 2.45) is 0 Å². The Bertz CT molecular complexity index is 1080. The molecule has 6 nitrogen and oxygen atoms in total. The molecule has 3 aromatic rings. The molecule has 1 aliphatic heterocycles. The lowest BCUT2D eigenvalue weighted by atomic mass is 10.1. The van der Waals surface area contributed by atoms with E-state index in [1.165, 1.54) is 0 Å². The van der Waals surface area contributed by atoms with Gasteiger partial charge in [-0.25, -0.2) is 0 Å². The maximum atomic E-state index is 12.9. The van der Waals surface area contributed by atoms with Gasteiger partial charge in [-0.15, -0.1) is 0 Å². The molecule has 4 rings (SSSR count). The van der Waals surface area contributed by atoms with Crippen molar-refractivity contribution in [3.8, 4) is 11.5 Å². The molecule has 0 bridgehead atoms. The lowest BCUT2D eigenvalue weighted by Crippen LogP contribution is -2.37. The van der Waals surface area contributed by atoms with Crippen LogP contribution in [0.15, 0.2) is 72.8 Å². The highest BCUT2D eigenvalue weighted by molar-refractivity contribution is 6.04. The number of nitrogens with zero attached hydrogens (tertiary/aromatic N) is 1. The minimum atomic E-state index is -0.593. The Labute approximate surface area is 181 Å². The maximum Gasteiger partial charge on any atom is 0.263 e. The summed E-state index contributed by atoms with van der Waals surface area (Å²) in [6.45, 7) is 2.60. The SMILES string of the molecule is COc1ccc(CN2Cc3cc(NC(=O)c4ccccc4)ccc3OC(C)C2=O)cc1. The van der Waals surface area contributed by atoms with Crippen LogP contribution in [0, 0.1) is 0 Å². The summed E-state index contributed by atoms with van der Waals surface area (Å²) >= 11 is 0. The standard InChI is InChI=1S/C25H24N2O4/c1-17-25(29)27(15-18-8-11-22(30-2)12-9-18)16-20-14-21(10-13-23(20)31-17)26-24(28)19-6-4-3-5-7-19/h3-14,17H,15-16H2,1-2H3,(H,26,28). The molecule has 158 valence electrons. The number of methoxy groups -OCH3 is 1. The highest BCUT2D eigenvalue weighted by Crippen LogP contribution is 2.29. The van der Waals surface area contributed by atoms with E-state index >= 15 is 0 Å². The number of fused-ring (bicyclic) bond motifs is 1. The number of nitrogens with one attached hydrogen (secondary N) is 1. The second-order valence-corrected chi connectivity index (χ2v) is 7.45. The van der Waals surface area contributed by atoms with Gasteiger partial charge in [-0.2, -0.15) is 0 Å². The van der Waals surface area contributed by atoms with Crippen LogP contribution in [0.1, 0.15) is 28.4 Å². The van der Waals surface area contributed by atoms with Crippen LogP contribution in [0.5, 0.6) is 11.5 Å². The summed E-state index contributed by atoms with van der Waals surface area (Å²) < 4.78 is 11.1. The van der Waals surface area contributed by atoms with Crippen molar-refractivity contribution in [3.05, 3.63) is 89.5 Å². The fourth-order valence-electron chi connectivity index (χ4n) is 3.56. The number of benzene rings is 3. The summed E-state index contributed by atoms with van der Waals surface area (Å²) in [6.07, 6.45) is -0.593.